The molecule has 0 aromatic heterocycles. The third kappa shape index (κ3) is 18.4. The summed E-state index contributed by atoms with van der Waals surface area (Å²) in [6.07, 6.45) is 26.1. The van der Waals surface area contributed by atoms with Crippen molar-refractivity contribution in [3.63, 3.8) is 0 Å². The van der Waals surface area contributed by atoms with Gasteiger partial charge in [0.15, 0.2) is 0 Å². The Morgan fingerprint density at radius 1 is 0.606 bits per heavy atom. The highest BCUT2D eigenvalue weighted by atomic mass is 16.5. The summed E-state index contributed by atoms with van der Waals surface area (Å²) in [6.45, 7) is 2.28. The van der Waals surface area contributed by atoms with Crippen molar-refractivity contribution < 1.29 is 24.6 Å². The van der Waals surface area contributed by atoms with Crippen molar-refractivity contribution in [2.75, 3.05) is 21.1 Å². The van der Waals surface area contributed by atoms with Crippen LogP contribution in [0.15, 0.2) is 0 Å². The van der Waals surface area contributed by atoms with E-state index in [-0.39, 0.29) is 10.9 Å². The van der Waals surface area contributed by atoms with Gasteiger partial charge in [-0.3, -0.25) is 0 Å². The second-order valence-corrected chi connectivity index (χ2v) is 11.2. The molecule has 0 heterocycles. The maximum absolute atomic E-state index is 11.5. The molecule has 0 aliphatic carbocycles. The zero-order valence-electron chi connectivity index (χ0n) is 22.6. The molecule has 0 radical (unpaired) electrons. The summed E-state index contributed by atoms with van der Waals surface area (Å²) in [6, 6.07) is -1.24. The first-order chi connectivity index (χ1) is 15.6. The fourth-order valence-corrected chi connectivity index (χ4v) is 4.93. The Balaban J connectivity index is 3.46. The lowest BCUT2D eigenvalue weighted by atomic mass is 9.97. The molecule has 0 amide bonds. The molecule has 0 bridgehead atoms. The fourth-order valence-electron chi connectivity index (χ4n) is 4.93. The molecule has 0 saturated carbocycles. The molecule has 0 rings (SSSR count). The monoisotopic (exact) mass is 472 g/mol. The second kappa shape index (κ2) is 19.6. The van der Waals surface area contributed by atoms with E-state index in [0.717, 1.165) is 12.8 Å². The molecular weight excluding hydrogens is 414 g/mol. The summed E-state index contributed by atoms with van der Waals surface area (Å²) in [7, 11) is 5.03. The Hall–Kier alpha value is -0.650. The number of carbonyl (C=O) groups is 1. The van der Waals surface area contributed by atoms with Gasteiger partial charge in [-0.2, -0.15) is 0 Å². The Bertz CT molecular complexity index is 459. The number of hydrogen-bond donors (Lipinski definition) is 3. The molecule has 0 aliphatic rings. The second-order valence-electron chi connectivity index (χ2n) is 11.2. The Morgan fingerprint density at radius 3 is 1.12 bits per heavy atom. The first-order valence-corrected chi connectivity index (χ1v) is 14.1. The maximum Gasteiger partial charge on any atom is 0.368 e. The molecule has 0 fully saturated rings. The zero-order chi connectivity index (χ0) is 25.0. The molecule has 0 aromatic rings. The van der Waals surface area contributed by atoms with Gasteiger partial charge in [0.1, 0.15) is 0 Å². The van der Waals surface area contributed by atoms with E-state index in [2.05, 4.69) is 6.92 Å². The highest BCUT2D eigenvalue weighted by molar-refractivity contribution is 5.73. The molecule has 5 nitrogen and oxygen atoms in total. The van der Waals surface area contributed by atoms with Crippen LogP contribution in [-0.2, 0) is 4.79 Å². The van der Waals surface area contributed by atoms with E-state index in [0.29, 0.717) is 6.42 Å². The number of aliphatic hydroxyl groups is 2. The molecular formula is C28H58NO4+. The van der Waals surface area contributed by atoms with Crippen LogP contribution in [-0.4, -0.2) is 58.7 Å². The summed E-state index contributed by atoms with van der Waals surface area (Å²) in [4.78, 5) is 11.5. The average molecular weight is 473 g/mol. The quantitative estimate of drug-likeness (QED) is 0.0800. The summed E-state index contributed by atoms with van der Waals surface area (Å²) in [5.74, 6) is -3.33. The summed E-state index contributed by atoms with van der Waals surface area (Å²) < 4.78 is -0.0124. The van der Waals surface area contributed by atoms with Gasteiger partial charge < -0.3 is 19.8 Å². The van der Waals surface area contributed by atoms with E-state index < -0.39 is 17.8 Å². The van der Waals surface area contributed by atoms with Gasteiger partial charge in [-0.1, -0.05) is 129 Å². The van der Waals surface area contributed by atoms with Gasteiger partial charge in [0, 0.05) is 6.42 Å². The molecule has 33 heavy (non-hydrogen) atoms. The van der Waals surface area contributed by atoms with Crippen molar-refractivity contribution in [2.24, 2.45) is 0 Å². The van der Waals surface area contributed by atoms with E-state index >= 15 is 0 Å². The van der Waals surface area contributed by atoms with Crippen LogP contribution < -0.4 is 0 Å². The smallest absolute Gasteiger partial charge is 0.368 e. The number of quaternary nitrogens is 1. The third-order valence-electron chi connectivity index (χ3n) is 6.84. The van der Waals surface area contributed by atoms with E-state index in [9.17, 15) is 20.1 Å². The summed E-state index contributed by atoms with van der Waals surface area (Å²) >= 11 is 0. The first kappa shape index (κ1) is 32.4. The van der Waals surface area contributed by atoms with Gasteiger partial charge in [-0.05, 0) is 6.42 Å². The van der Waals surface area contributed by atoms with E-state index in [1.807, 2.05) is 0 Å². The fraction of sp³-hybridized carbons (Fsp3) is 0.964. The van der Waals surface area contributed by atoms with Gasteiger partial charge in [0.2, 0.25) is 11.8 Å². The molecule has 1 unspecified atom stereocenters. The van der Waals surface area contributed by atoms with Crippen LogP contribution in [0.1, 0.15) is 142 Å². The van der Waals surface area contributed by atoms with Gasteiger partial charge in [-0.15, -0.1) is 0 Å². The van der Waals surface area contributed by atoms with Gasteiger partial charge in [0.25, 0.3) is 0 Å². The molecule has 5 heteroatoms. The standard InChI is InChI=1S/C28H57NO4/c1-5-6-7-8-9-10-11-12-13-14-15-16-17-18-19-20-21-22-23-24-25-28(32,33)26(27(30)31)29(2,3)4/h26,32-33H,5-25H2,1-4H3/p+1. The number of likely N-dealkylation sites (N-methyl/N-ethyl adjacent to an activating group) is 1. The first-order valence-electron chi connectivity index (χ1n) is 14.1. The summed E-state index contributed by atoms with van der Waals surface area (Å²) in [5, 5.41) is 30.0. The minimum absolute atomic E-state index is 0.0124. The lowest BCUT2D eigenvalue weighted by molar-refractivity contribution is -0.899. The molecule has 1 atom stereocenters. The van der Waals surface area contributed by atoms with Crippen LogP contribution in [0.4, 0.5) is 0 Å². The average Bonchev–Trinajstić information content (AvgIpc) is 2.70. The molecule has 0 aliphatic heterocycles. The van der Waals surface area contributed by atoms with Crippen LogP contribution in [0.2, 0.25) is 0 Å². The van der Waals surface area contributed by atoms with Gasteiger partial charge in [0.05, 0.1) is 21.1 Å². The number of nitrogens with zero attached hydrogens (tertiary/aromatic N) is 1. The normalized spacial score (nSPS) is 13.4. The number of carboxylic acid groups (broad SMARTS) is 1. The number of hydrogen-bond acceptors (Lipinski definition) is 3. The van der Waals surface area contributed by atoms with Gasteiger partial charge >= 0.3 is 5.97 Å². The van der Waals surface area contributed by atoms with E-state index in [1.54, 1.807) is 21.1 Å². The summed E-state index contributed by atoms with van der Waals surface area (Å²) in [5.41, 5.74) is 0. The SMILES string of the molecule is CCCCCCCCCCCCCCCCCCCCCCC(O)(O)C(C(=O)O)[N+](C)(C)C. The zero-order valence-corrected chi connectivity index (χ0v) is 22.6. The van der Waals surface area contributed by atoms with Crippen molar-refractivity contribution in [3.05, 3.63) is 0 Å². The van der Waals surface area contributed by atoms with Crippen LogP contribution in [0.3, 0.4) is 0 Å². The Kier molecular flexibility index (Phi) is 19.2. The van der Waals surface area contributed by atoms with Crippen LogP contribution in [0.5, 0.6) is 0 Å². The molecule has 0 saturated heterocycles. The van der Waals surface area contributed by atoms with Crippen molar-refractivity contribution >= 4 is 5.97 Å². The van der Waals surface area contributed by atoms with Gasteiger partial charge in [-0.25, -0.2) is 4.79 Å². The highest BCUT2D eigenvalue weighted by Crippen LogP contribution is 2.24. The van der Waals surface area contributed by atoms with Crippen LogP contribution in [0.25, 0.3) is 0 Å². The molecule has 0 aromatic carbocycles. The predicted octanol–water partition coefficient (Wildman–Crippen LogP) is 7.04. The third-order valence-corrected chi connectivity index (χ3v) is 6.84. The maximum atomic E-state index is 11.5. The Morgan fingerprint density at radius 2 is 0.879 bits per heavy atom. The van der Waals surface area contributed by atoms with Crippen LogP contribution >= 0.6 is 0 Å². The Labute approximate surface area is 205 Å². The predicted molar refractivity (Wildman–Crippen MR) is 139 cm³/mol. The number of aliphatic carboxylic acids is 1. The van der Waals surface area contributed by atoms with E-state index in [4.69, 9.17) is 0 Å². The van der Waals surface area contributed by atoms with Crippen molar-refractivity contribution in [1.82, 2.24) is 0 Å². The number of rotatable bonds is 24. The largest absolute Gasteiger partial charge is 0.477 e. The molecule has 3 N–H and O–H groups in total. The number of unbranched alkanes of at least 4 members (excludes halogenated alkanes) is 19. The number of carboxylic acids is 1. The molecule has 198 valence electrons. The van der Waals surface area contributed by atoms with Crippen molar-refractivity contribution in [3.8, 4) is 0 Å². The van der Waals surface area contributed by atoms with Crippen molar-refractivity contribution in [2.45, 2.75) is 154 Å². The van der Waals surface area contributed by atoms with E-state index in [1.165, 1.54) is 109 Å². The lowest BCUT2D eigenvalue weighted by Gasteiger charge is -2.38. The minimum atomic E-state index is -2.17. The van der Waals surface area contributed by atoms with Crippen molar-refractivity contribution in [1.29, 1.82) is 0 Å². The van der Waals surface area contributed by atoms with Crippen LogP contribution in [0, 0.1) is 0 Å². The molecule has 0 spiro atoms. The topological polar surface area (TPSA) is 77.8 Å². The highest BCUT2D eigenvalue weighted by Gasteiger charge is 2.49. The minimum Gasteiger partial charge on any atom is -0.477 e. The lowest BCUT2D eigenvalue weighted by Crippen LogP contribution is -2.62.